The molecular weight excluding hydrogens is 318 g/mol. The monoisotopic (exact) mass is 335 g/mol. The van der Waals surface area contributed by atoms with Crippen molar-refractivity contribution in [1.82, 2.24) is 4.90 Å². The van der Waals surface area contributed by atoms with E-state index in [0.717, 1.165) is 0 Å². The highest BCUT2D eigenvalue weighted by molar-refractivity contribution is 8.18. The Morgan fingerprint density at radius 2 is 2.17 bits per heavy atom. The zero-order valence-electron chi connectivity index (χ0n) is 13.1. The number of rotatable bonds is 5. The van der Waals surface area contributed by atoms with Crippen LogP contribution in [-0.2, 0) is 4.79 Å². The normalized spacial score (nSPS) is 18.0. The first kappa shape index (κ1) is 17.0. The molecule has 0 spiro atoms. The summed E-state index contributed by atoms with van der Waals surface area (Å²) in [4.78, 5) is 29.2. The lowest BCUT2D eigenvalue weighted by Crippen LogP contribution is -2.28. The molecule has 2 rings (SSSR count). The minimum Gasteiger partial charge on any atom is -0.496 e. The zero-order chi connectivity index (χ0) is 17.0. The van der Waals surface area contributed by atoms with Gasteiger partial charge in [-0.3, -0.25) is 24.8 Å². The van der Waals surface area contributed by atoms with E-state index in [1.54, 1.807) is 11.0 Å². The van der Waals surface area contributed by atoms with E-state index >= 15 is 0 Å². The van der Waals surface area contributed by atoms with E-state index in [4.69, 9.17) is 4.74 Å². The van der Waals surface area contributed by atoms with Crippen LogP contribution in [0.3, 0.4) is 0 Å². The molecule has 0 aromatic heterocycles. The number of amidine groups is 1. The van der Waals surface area contributed by atoms with Gasteiger partial charge < -0.3 is 4.74 Å². The van der Waals surface area contributed by atoms with E-state index in [9.17, 15) is 14.9 Å². The fourth-order valence-corrected chi connectivity index (χ4v) is 3.23. The summed E-state index contributed by atoms with van der Waals surface area (Å²) in [6, 6.07) is 4.28. The van der Waals surface area contributed by atoms with Crippen molar-refractivity contribution in [3.8, 4) is 5.75 Å². The van der Waals surface area contributed by atoms with Crippen molar-refractivity contribution >= 4 is 34.6 Å². The molecule has 23 heavy (non-hydrogen) atoms. The predicted molar refractivity (Wildman–Crippen MR) is 90.6 cm³/mol. The van der Waals surface area contributed by atoms with Gasteiger partial charge in [0.15, 0.2) is 5.17 Å². The predicted octanol–water partition coefficient (Wildman–Crippen LogP) is 2.92. The molecule has 0 unspecified atom stereocenters. The number of nitro benzene ring substituents is 1. The third-order valence-electron chi connectivity index (χ3n) is 3.21. The van der Waals surface area contributed by atoms with Crippen LogP contribution in [0.2, 0.25) is 0 Å². The molecule has 0 aliphatic carbocycles. The van der Waals surface area contributed by atoms with Crippen LogP contribution in [0.4, 0.5) is 5.69 Å². The van der Waals surface area contributed by atoms with Gasteiger partial charge in [-0.05, 0) is 37.8 Å². The Morgan fingerprint density at radius 1 is 1.43 bits per heavy atom. The first-order valence-electron chi connectivity index (χ1n) is 7.10. The highest BCUT2D eigenvalue weighted by Crippen LogP contribution is 2.35. The number of likely N-dealkylation sites (N-methyl/N-ethyl adjacent to an activating group) is 1. The number of thioether (sulfide) groups is 1. The van der Waals surface area contributed by atoms with E-state index < -0.39 is 4.92 Å². The van der Waals surface area contributed by atoms with Gasteiger partial charge in [0.1, 0.15) is 5.75 Å². The number of methoxy groups -OCH3 is 1. The Kier molecular flexibility index (Phi) is 5.38. The minimum absolute atomic E-state index is 0.0529. The summed E-state index contributed by atoms with van der Waals surface area (Å²) in [6.07, 6.45) is 1.61. The molecule has 122 valence electrons. The number of nitrogens with zero attached hydrogens (tertiary/aromatic N) is 3. The number of non-ortho nitro benzene ring substituents is 1. The van der Waals surface area contributed by atoms with Crippen LogP contribution in [0.15, 0.2) is 28.1 Å². The van der Waals surface area contributed by atoms with Gasteiger partial charge in [-0.1, -0.05) is 0 Å². The molecule has 0 radical (unpaired) electrons. The molecular formula is C15H17N3O4S. The van der Waals surface area contributed by atoms with Crippen LogP contribution < -0.4 is 4.74 Å². The lowest BCUT2D eigenvalue weighted by Gasteiger charge is -2.11. The topological polar surface area (TPSA) is 85.0 Å². The molecule has 1 fully saturated rings. The van der Waals surface area contributed by atoms with Crippen molar-refractivity contribution in [2.45, 2.75) is 13.8 Å². The van der Waals surface area contributed by atoms with Crippen molar-refractivity contribution in [2.24, 2.45) is 4.99 Å². The summed E-state index contributed by atoms with van der Waals surface area (Å²) in [6.45, 7) is 4.88. The van der Waals surface area contributed by atoms with Crippen molar-refractivity contribution in [3.63, 3.8) is 0 Å². The van der Waals surface area contributed by atoms with E-state index in [1.807, 2.05) is 13.8 Å². The number of ether oxygens (including phenoxy) is 1. The van der Waals surface area contributed by atoms with Crippen molar-refractivity contribution < 1.29 is 14.5 Å². The fraction of sp³-hybridized carbons (Fsp3) is 0.333. The molecule has 0 bridgehead atoms. The quantitative estimate of drug-likeness (QED) is 0.469. The maximum Gasteiger partial charge on any atom is 0.270 e. The molecule has 8 heteroatoms. The number of hydrogen-bond donors (Lipinski definition) is 0. The van der Waals surface area contributed by atoms with Crippen LogP contribution in [0.1, 0.15) is 19.4 Å². The highest BCUT2D eigenvalue weighted by atomic mass is 32.2. The van der Waals surface area contributed by atoms with Gasteiger partial charge in [0.05, 0.1) is 16.9 Å². The number of benzene rings is 1. The summed E-state index contributed by atoms with van der Waals surface area (Å²) in [5.74, 6) is 0.318. The summed E-state index contributed by atoms with van der Waals surface area (Å²) in [5.41, 5.74) is 0.439. The molecule has 0 N–H and O–H groups in total. The fourth-order valence-electron chi connectivity index (χ4n) is 2.13. The maximum atomic E-state index is 12.4. The Balaban J connectivity index is 2.45. The smallest absolute Gasteiger partial charge is 0.270 e. The van der Waals surface area contributed by atoms with Crippen LogP contribution in [0.5, 0.6) is 5.75 Å². The molecule has 1 aliphatic rings. The van der Waals surface area contributed by atoms with Gasteiger partial charge in [-0.25, -0.2) is 0 Å². The number of amides is 1. The molecule has 1 aromatic carbocycles. The Hall–Kier alpha value is -2.35. The molecule has 1 aliphatic heterocycles. The Labute approximate surface area is 138 Å². The molecule has 0 atom stereocenters. The summed E-state index contributed by atoms with van der Waals surface area (Å²) >= 11 is 1.27. The Bertz CT molecular complexity index is 700. The van der Waals surface area contributed by atoms with Gasteiger partial charge in [-0.15, -0.1) is 0 Å². The van der Waals surface area contributed by atoms with E-state index in [2.05, 4.69) is 4.99 Å². The first-order valence-corrected chi connectivity index (χ1v) is 7.91. The second-order valence-corrected chi connectivity index (χ2v) is 5.61. The number of nitro groups is 1. The zero-order valence-corrected chi connectivity index (χ0v) is 13.9. The third-order valence-corrected chi connectivity index (χ3v) is 4.25. The van der Waals surface area contributed by atoms with Crippen LogP contribution in [0, 0.1) is 10.1 Å². The second kappa shape index (κ2) is 7.28. The van der Waals surface area contributed by atoms with Crippen LogP contribution >= 0.6 is 11.8 Å². The van der Waals surface area contributed by atoms with Gasteiger partial charge in [0.25, 0.3) is 11.6 Å². The van der Waals surface area contributed by atoms with Gasteiger partial charge in [-0.2, -0.15) is 0 Å². The van der Waals surface area contributed by atoms with Gasteiger partial charge in [0, 0.05) is 30.8 Å². The van der Waals surface area contributed by atoms with E-state index in [0.29, 0.717) is 34.5 Å². The van der Waals surface area contributed by atoms with Crippen LogP contribution in [-0.4, -0.2) is 41.1 Å². The molecule has 1 aromatic rings. The highest BCUT2D eigenvalue weighted by Gasteiger charge is 2.32. The van der Waals surface area contributed by atoms with Crippen molar-refractivity contribution in [2.75, 3.05) is 20.2 Å². The molecule has 1 amide bonds. The molecule has 1 heterocycles. The average Bonchev–Trinajstić information content (AvgIpc) is 2.82. The molecule has 7 nitrogen and oxygen atoms in total. The van der Waals surface area contributed by atoms with Gasteiger partial charge in [0.2, 0.25) is 0 Å². The van der Waals surface area contributed by atoms with E-state index in [1.165, 1.54) is 37.1 Å². The van der Waals surface area contributed by atoms with Crippen LogP contribution in [0.25, 0.3) is 6.08 Å². The SMILES string of the molecule is CCN=C1S/C(=C\c2cc([N+](=O)[O-])ccc2OC)C(=O)N1CC. The molecule has 0 saturated carbocycles. The van der Waals surface area contributed by atoms with Crippen molar-refractivity contribution in [3.05, 3.63) is 38.8 Å². The maximum absolute atomic E-state index is 12.4. The molecule has 1 saturated heterocycles. The number of carbonyl (C=O) groups excluding carboxylic acids is 1. The lowest BCUT2D eigenvalue weighted by atomic mass is 10.1. The van der Waals surface area contributed by atoms with Crippen molar-refractivity contribution in [1.29, 1.82) is 0 Å². The Morgan fingerprint density at radius 3 is 2.74 bits per heavy atom. The number of hydrogen-bond acceptors (Lipinski definition) is 6. The minimum atomic E-state index is -0.479. The summed E-state index contributed by atoms with van der Waals surface area (Å²) < 4.78 is 5.22. The second-order valence-electron chi connectivity index (χ2n) is 4.60. The first-order chi connectivity index (χ1) is 11.0. The summed E-state index contributed by atoms with van der Waals surface area (Å²) in [5, 5.41) is 11.6. The third kappa shape index (κ3) is 3.53. The number of aliphatic imine (C=N–C) groups is 1. The van der Waals surface area contributed by atoms with E-state index in [-0.39, 0.29) is 11.6 Å². The average molecular weight is 335 g/mol. The summed E-state index contributed by atoms with van der Waals surface area (Å²) in [7, 11) is 1.48. The standard InChI is InChI=1S/C15H17N3O4S/c1-4-16-15-17(5-2)14(19)13(23-15)9-10-8-11(18(20)21)6-7-12(10)22-3/h6-9H,4-5H2,1-3H3/b13-9-,16-15?. The lowest BCUT2D eigenvalue weighted by molar-refractivity contribution is -0.384. The number of carbonyl (C=O) groups is 1. The largest absolute Gasteiger partial charge is 0.496 e. The van der Waals surface area contributed by atoms with Gasteiger partial charge >= 0.3 is 0 Å².